The van der Waals surface area contributed by atoms with Crippen molar-refractivity contribution >= 4 is 12.2 Å². The minimum atomic E-state index is 0.861. The largest absolute Gasteiger partial charge is 0.497 e. The molecule has 1 heteroatoms. The Morgan fingerprint density at radius 2 is 1.59 bits per heavy atom. The normalized spacial score (nSPS) is 9.24. The molecule has 0 spiro atoms. The molecule has 0 fully saturated rings. The third kappa shape index (κ3) is 3.37. The molecular weight excluding hydrogens is 208 g/mol. The second-order valence-corrected chi connectivity index (χ2v) is 3.64. The average Bonchev–Trinajstić information content (AvgIpc) is 2.40. The van der Waals surface area contributed by atoms with Crippen LogP contribution in [0, 0.1) is 0 Å². The molecule has 0 aliphatic rings. The fourth-order valence-corrected chi connectivity index (χ4v) is 1.51. The third-order valence-corrected chi connectivity index (χ3v) is 2.39. The summed E-state index contributed by atoms with van der Waals surface area (Å²) >= 11 is 0. The Labute approximate surface area is 102 Å². The molecule has 0 N–H and O–H groups in total. The van der Waals surface area contributed by atoms with Gasteiger partial charge in [0.1, 0.15) is 5.75 Å². The van der Waals surface area contributed by atoms with Crippen LogP contribution in [0.15, 0.2) is 60.3 Å². The van der Waals surface area contributed by atoms with Crippen molar-refractivity contribution in [2.75, 3.05) is 7.11 Å². The van der Waals surface area contributed by atoms with Gasteiger partial charge in [-0.1, -0.05) is 42.5 Å². The van der Waals surface area contributed by atoms with Crippen LogP contribution in [-0.4, -0.2) is 7.11 Å². The Morgan fingerprint density at radius 3 is 2.35 bits per heavy atom. The van der Waals surface area contributed by atoms with E-state index in [0.29, 0.717) is 0 Å². The quantitative estimate of drug-likeness (QED) is 0.713. The van der Waals surface area contributed by atoms with Gasteiger partial charge in [-0.05, 0) is 35.4 Å². The number of rotatable bonds is 3. The van der Waals surface area contributed by atoms with Crippen molar-refractivity contribution in [1.82, 2.24) is 0 Å². The topological polar surface area (TPSA) is 9.23 Å². The van der Waals surface area contributed by atoms with Crippen molar-refractivity contribution in [2.45, 2.75) is 0 Å². The van der Waals surface area contributed by atoms with E-state index in [1.807, 2.05) is 66.7 Å². The van der Waals surface area contributed by atoms with Gasteiger partial charge >= 0.3 is 0 Å². The van der Waals surface area contributed by atoms with E-state index < -0.39 is 0 Å². The van der Waals surface area contributed by atoms with Crippen molar-refractivity contribution in [3.63, 3.8) is 0 Å². The van der Waals surface area contributed by atoms with Crippen molar-refractivity contribution in [3.8, 4) is 5.75 Å². The first kappa shape index (κ1) is 11.3. The van der Waals surface area contributed by atoms with Crippen LogP contribution in [0.25, 0.3) is 12.2 Å². The number of ether oxygens (including phenoxy) is 1. The second-order valence-electron chi connectivity index (χ2n) is 3.64. The Hall–Kier alpha value is -2.24. The maximum atomic E-state index is 5.16. The van der Waals surface area contributed by atoms with E-state index in [4.69, 9.17) is 4.74 Å². The van der Waals surface area contributed by atoms with E-state index in [9.17, 15) is 0 Å². The van der Waals surface area contributed by atoms with Crippen LogP contribution in [0.1, 0.15) is 11.1 Å². The summed E-state index contributed by atoms with van der Waals surface area (Å²) < 4.78 is 5.16. The molecule has 2 aromatic carbocycles. The van der Waals surface area contributed by atoms with E-state index in [-0.39, 0.29) is 0 Å². The van der Waals surface area contributed by atoms with Gasteiger partial charge in [-0.15, -0.1) is 5.73 Å². The molecule has 0 bridgehead atoms. The van der Waals surface area contributed by atoms with E-state index in [0.717, 1.165) is 16.9 Å². The molecule has 0 aliphatic heterocycles. The summed E-state index contributed by atoms with van der Waals surface area (Å²) in [5, 5.41) is 0. The highest BCUT2D eigenvalue weighted by molar-refractivity contribution is 5.58. The van der Waals surface area contributed by atoms with E-state index in [2.05, 4.69) is 5.73 Å². The van der Waals surface area contributed by atoms with Crippen molar-refractivity contribution < 1.29 is 4.74 Å². The number of hydrogen-bond acceptors (Lipinski definition) is 1. The first-order chi connectivity index (χ1) is 8.38. The molecule has 0 saturated heterocycles. The maximum absolute atomic E-state index is 5.16. The zero-order chi connectivity index (χ0) is 11.9. The molecule has 0 heterocycles. The first-order valence-corrected chi connectivity index (χ1v) is 5.50. The Balaban J connectivity index is 2.17. The minimum Gasteiger partial charge on any atom is -0.497 e. The lowest BCUT2D eigenvalue weighted by atomic mass is 10.2. The van der Waals surface area contributed by atoms with Crippen molar-refractivity contribution in [3.05, 3.63) is 71.5 Å². The predicted molar refractivity (Wildman–Crippen MR) is 71.9 cm³/mol. The van der Waals surface area contributed by atoms with Crippen LogP contribution in [0.2, 0.25) is 0 Å². The number of hydrogen-bond donors (Lipinski definition) is 0. The molecule has 0 amide bonds. The molecule has 1 nitrogen and oxygen atoms in total. The summed E-state index contributed by atoms with van der Waals surface area (Å²) in [5.41, 5.74) is 5.39. The van der Waals surface area contributed by atoms with Gasteiger partial charge in [0, 0.05) is 0 Å². The van der Waals surface area contributed by atoms with Crippen molar-refractivity contribution in [2.24, 2.45) is 0 Å². The van der Waals surface area contributed by atoms with Gasteiger partial charge < -0.3 is 4.74 Å². The Bertz CT molecular complexity index is 534. The van der Waals surface area contributed by atoms with Gasteiger partial charge in [-0.3, -0.25) is 0 Å². The summed E-state index contributed by atoms with van der Waals surface area (Å²) in [6.07, 6.45) is 3.90. The average molecular weight is 222 g/mol. The van der Waals surface area contributed by atoms with Crippen LogP contribution in [0.3, 0.4) is 0 Å². The molecule has 2 rings (SSSR count). The van der Waals surface area contributed by atoms with Gasteiger partial charge in [0.15, 0.2) is 0 Å². The van der Waals surface area contributed by atoms with Crippen LogP contribution in [0.4, 0.5) is 0 Å². The molecular formula is C16H14O. The zero-order valence-corrected chi connectivity index (χ0v) is 9.76. The number of benzene rings is 2. The van der Waals surface area contributed by atoms with Gasteiger partial charge in [0.2, 0.25) is 0 Å². The van der Waals surface area contributed by atoms with E-state index >= 15 is 0 Å². The van der Waals surface area contributed by atoms with Gasteiger partial charge in [0.25, 0.3) is 0 Å². The van der Waals surface area contributed by atoms with Gasteiger partial charge in [-0.2, -0.15) is 0 Å². The molecule has 84 valence electrons. The summed E-state index contributed by atoms with van der Waals surface area (Å²) in [7, 11) is 1.67. The monoisotopic (exact) mass is 222 g/mol. The first-order valence-electron chi connectivity index (χ1n) is 5.50. The fraction of sp³-hybridized carbons (Fsp3) is 0.0625. The Morgan fingerprint density at radius 1 is 0.882 bits per heavy atom. The maximum Gasteiger partial charge on any atom is 0.119 e. The second kappa shape index (κ2) is 5.74. The van der Waals surface area contributed by atoms with E-state index in [1.165, 1.54) is 0 Å². The van der Waals surface area contributed by atoms with Crippen LogP contribution in [0.5, 0.6) is 5.75 Å². The van der Waals surface area contributed by atoms with Crippen molar-refractivity contribution in [1.29, 1.82) is 0 Å². The molecule has 2 aromatic rings. The predicted octanol–water partition coefficient (Wildman–Crippen LogP) is 4.02. The summed E-state index contributed by atoms with van der Waals surface area (Å²) in [6.45, 7) is 0. The lowest BCUT2D eigenvalue weighted by molar-refractivity contribution is 0.414. The van der Waals surface area contributed by atoms with E-state index in [1.54, 1.807) is 7.11 Å². The summed E-state index contributed by atoms with van der Waals surface area (Å²) in [6, 6.07) is 18.0. The van der Waals surface area contributed by atoms with Gasteiger partial charge in [-0.25, -0.2) is 0 Å². The fourth-order valence-electron chi connectivity index (χ4n) is 1.51. The highest BCUT2D eigenvalue weighted by Gasteiger charge is 1.90. The summed E-state index contributed by atoms with van der Waals surface area (Å²) in [5.74, 6) is 0.861. The zero-order valence-electron chi connectivity index (χ0n) is 9.76. The lowest BCUT2D eigenvalue weighted by Crippen LogP contribution is -1.81. The highest BCUT2D eigenvalue weighted by Crippen LogP contribution is 2.13. The SMILES string of the molecule is COc1cccc(C=C=Cc2ccccc2)c1. The molecule has 0 saturated carbocycles. The molecule has 0 atom stereocenters. The smallest absolute Gasteiger partial charge is 0.119 e. The molecule has 0 aromatic heterocycles. The molecule has 17 heavy (non-hydrogen) atoms. The van der Waals surface area contributed by atoms with Crippen LogP contribution < -0.4 is 4.74 Å². The highest BCUT2D eigenvalue weighted by atomic mass is 16.5. The molecule has 0 unspecified atom stereocenters. The third-order valence-electron chi connectivity index (χ3n) is 2.39. The molecule has 0 radical (unpaired) electrons. The van der Waals surface area contributed by atoms with Gasteiger partial charge in [0.05, 0.1) is 7.11 Å². The standard InChI is InChI=1S/C16H14O/c1-17-16-12-6-11-15(13-16)10-5-9-14-7-3-2-4-8-14/h2-4,6-13H,1H3. The van der Waals surface area contributed by atoms with Crippen LogP contribution in [-0.2, 0) is 0 Å². The minimum absolute atomic E-state index is 0.861. The van der Waals surface area contributed by atoms with Crippen LogP contribution >= 0.6 is 0 Å². The lowest BCUT2D eigenvalue weighted by Gasteiger charge is -1.98. The summed E-state index contributed by atoms with van der Waals surface area (Å²) in [4.78, 5) is 0. The number of methoxy groups -OCH3 is 1. The molecule has 0 aliphatic carbocycles. The Kier molecular flexibility index (Phi) is 3.80.